The topological polar surface area (TPSA) is 3.24 Å². The molecule has 1 aliphatic rings. The van der Waals surface area contributed by atoms with E-state index < -0.39 is 0 Å². The quantitative estimate of drug-likeness (QED) is 0.611. The van der Waals surface area contributed by atoms with E-state index >= 15 is 0 Å². The third-order valence-electron chi connectivity index (χ3n) is 1.80. The Hall–Kier alpha value is -1.05. The Labute approximate surface area is 72.9 Å². The third-order valence-corrected chi connectivity index (χ3v) is 1.80. The molecule has 0 aromatic rings. The fourth-order valence-electron chi connectivity index (χ4n) is 1.22. The monoisotopic (exact) mass is 167 g/mol. The minimum absolute atomic E-state index is 0.219. The van der Waals surface area contributed by atoms with Crippen LogP contribution in [-0.2, 0) is 0 Å². The van der Waals surface area contributed by atoms with Gasteiger partial charge in [0.2, 0.25) is 0 Å². The van der Waals surface area contributed by atoms with E-state index in [0.29, 0.717) is 5.70 Å². The van der Waals surface area contributed by atoms with Crippen molar-refractivity contribution in [3.63, 3.8) is 0 Å². The lowest BCUT2D eigenvalue weighted by atomic mass is 10.2. The first-order chi connectivity index (χ1) is 5.65. The second-order valence-electron chi connectivity index (χ2n) is 3.01. The van der Waals surface area contributed by atoms with Crippen molar-refractivity contribution in [1.82, 2.24) is 4.90 Å². The second kappa shape index (κ2) is 3.57. The first-order valence-electron chi connectivity index (χ1n) is 4.16. The summed E-state index contributed by atoms with van der Waals surface area (Å²) in [5.41, 5.74) is 1.41. The molecule has 1 nitrogen and oxygen atoms in total. The van der Waals surface area contributed by atoms with Crippen molar-refractivity contribution < 1.29 is 4.39 Å². The highest BCUT2D eigenvalue weighted by Gasteiger charge is 2.13. The zero-order valence-electron chi connectivity index (χ0n) is 7.60. The van der Waals surface area contributed by atoms with Crippen LogP contribution in [0.15, 0.2) is 36.0 Å². The summed E-state index contributed by atoms with van der Waals surface area (Å²) in [6, 6.07) is 0. The molecule has 1 heterocycles. The highest BCUT2D eigenvalue weighted by molar-refractivity contribution is 5.35. The van der Waals surface area contributed by atoms with Crippen molar-refractivity contribution in [2.45, 2.75) is 20.3 Å². The van der Waals surface area contributed by atoms with Crippen LogP contribution < -0.4 is 0 Å². The summed E-state index contributed by atoms with van der Waals surface area (Å²) in [6.45, 7) is 8.44. The van der Waals surface area contributed by atoms with Crippen LogP contribution in [0.5, 0.6) is 0 Å². The summed E-state index contributed by atoms with van der Waals surface area (Å²) in [5, 5.41) is 0. The average Bonchev–Trinajstić information content (AvgIpc) is 2.00. The van der Waals surface area contributed by atoms with Crippen LogP contribution >= 0.6 is 0 Å². The number of hydrogen-bond acceptors (Lipinski definition) is 1. The van der Waals surface area contributed by atoms with Crippen molar-refractivity contribution in [3.05, 3.63) is 36.0 Å². The van der Waals surface area contributed by atoms with Crippen molar-refractivity contribution in [2.75, 3.05) is 6.54 Å². The van der Waals surface area contributed by atoms with E-state index in [2.05, 4.69) is 13.5 Å². The molecule has 12 heavy (non-hydrogen) atoms. The van der Waals surface area contributed by atoms with Crippen molar-refractivity contribution >= 4 is 0 Å². The molecule has 0 unspecified atom stereocenters. The van der Waals surface area contributed by atoms with E-state index in [9.17, 15) is 4.39 Å². The lowest BCUT2D eigenvalue weighted by Gasteiger charge is -2.24. The molecule has 1 aliphatic heterocycles. The van der Waals surface area contributed by atoms with Gasteiger partial charge in [0.05, 0.1) is 5.70 Å². The normalized spacial score (nSPS) is 17.6. The molecule has 0 saturated carbocycles. The summed E-state index contributed by atoms with van der Waals surface area (Å²) >= 11 is 0. The molecule has 0 saturated heterocycles. The molecule has 0 fully saturated rings. The summed E-state index contributed by atoms with van der Waals surface area (Å²) in [7, 11) is 0. The first-order valence-corrected chi connectivity index (χ1v) is 4.16. The molecule has 0 aromatic heterocycles. The highest BCUT2D eigenvalue weighted by atomic mass is 19.1. The van der Waals surface area contributed by atoms with Crippen LogP contribution in [0.4, 0.5) is 4.39 Å². The van der Waals surface area contributed by atoms with Gasteiger partial charge in [0.1, 0.15) is 5.83 Å². The summed E-state index contributed by atoms with van der Waals surface area (Å²) in [6.07, 6.45) is 4.43. The minimum Gasteiger partial charge on any atom is -0.346 e. The zero-order valence-corrected chi connectivity index (χ0v) is 7.60. The molecule has 0 atom stereocenters. The lowest BCUT2D eigenvalue weighted by molar-refractivity contribution is 0.432. The molecule has 66 valence electrons. The third kappa shape index (κ3) is 1.76. The number of hydrogen-bond donors (Lipinski definition) is 0. The minimum atomic E-state index is -0.219. The molecular formula is C10H14FN. The van der Waals surface area contributed by atoms with Gasteiger partial charge in [-0.25, -0.2) is 4.39 Å². The van der Waals surface area contributed by atoms with Crippen molar-refractivity contribution in [3.8, 4) is 0 Å². The predicted octanol–water partition coefficient (Wildman–Crippen LogP) is 2.98. The van der Waals surface area contributed by atoms with Crippen LogP contribution in [0.1, 0.15) is 20.3 Å². The maximum absolute atomic E-state index is 13.1. The number of rotatable bonds is 2. The average molecular weight is 167 g/mol. The standard InChI is InChI=1S/C10H14FN/c1-4-5-12-7-8(2)6-10(11)9(12)3/h6-7H,3-5H2,1-2H3. The van der Waals surface area contributed by atoms with Gasteiger partial charge in [-0.2, -0.15) is 0 Å². The Morgan fingerprint density at radius 2 is 2.25 bits per heavy atom. The molecular weight excluding hydrogens is 153 g/mol. The Morgan fingerprint density at radius 3 is 2.83 bits per heavy atom. The van der Waals surface area contributed by atoms with Gasteiger partial charge in [-0.1, -0.05) is 13.5 Å². The molecule has 0 bridgehead atoms. The molecule has 0 amide bonds. The Kier molecular flexibility index (Phi) is 2.69. The fraction of sp³-hybridized carbons (Fsp3) is 0.400. The van der Waals surface area contributed by atoms with Gasteiger partial charge in [0.25, 0.3) is 0 Å². The number of allylic oxidation sites excluding steroid dienone is 3. The van der Waals surface area contributed by atoms with Gasteiger partial charge < -0.3 is 4.90 Å². The van der Waals surface area contributed by atoms with Crippen LogP contribution in [0, 0.1) is 0 Å². The molecule has 0 aromatic carbocycles. The van der Waals surface area contributed by atoms with E-state index in [1.54, 1.807) is 0 Å². The van der Waals surface area contributed by atoms with Crippen molar-refractivity contribution in [2.24, 2.45) is 0 Å². The van der Waals surface area contributed by atoms with Crippen LogP contribution in [0.3, 0.4) is 0 Å². The first kappa shape index (κ1) is 9.04. The molecule has 0 radical (unpaired) electrons. The van der Waals surface area contributed by atoms with E-state index in [4.69, 9.17) is 0 Å². The molecule has 0 N–H and O–H groups in total. The molecule has 2 heteroatoms. The second-order valence-corrected chi connectivity index (χ2v) is 3.01. The smallest absolute Gasteiger partial charge is 0.146 e. The maximum atomic E-state index is 13.1. The number of halogens is 1. The summed E-state index contributed by atoms with van der Waals surface area (Å²) in [4.78, 5) is 1.85. The van der Waals surface area contributed by atoms with Gasteiger partial charge in [-0.05, 0) is 25.0 Å². The van der Waals surface area contributed by atoms with Crippen LogP contribution in [0.2, 0.25) is 0 Å². The fourth-order valence-corrected chi connectivity index (χ4v) is 1.22. The van der Waals surface area contributed by atoms with Gasteiger partial charge >= 0.3 is 0 Å². The lowest BCUT2D eigenvalue weighted by Crippen LogP contribution is -2.20. The van der Waals surface area contributed by atoms with E-state index in [-0.39, 0.29) is 5.83 Å². The van der Waals surface area contributed by atoms with Crippen LogP contribution in [0.25, 0.3) is 0 Å². The van der Waals surface area contributed by atoms with Crippen LogP contribution in [-0.4, -0.2) is 11.4 Å². The van der Waals surface area contributed by atoms with Gasteiger partial charge in [-0.15, -0.1) is 0 Å². The molecule has 1 rings (SSSR count). The predicted molar refractivity (Wildman–Crippen MR) is 49.1 cm³/mol. The van der Waals surface area contributed by atoms with Gasteiger partial charge in [0, 0.05) is 12.7 Å². The SMILES string of the molecule is C=C1C(F)=CC(C)=CN1CCC. The molecule has 0 spiro atoms. The Bertz CT molecular complexity index is 251. The maximum Gasteiger partial charge on any atom is 0.146 e. The van der Waals surface area contributed by atoms with Gasteiger partial charge in [-0.3, -0.25) is 0 Å². The molecule has 0 aliphatic carbocycles. The van der Waals surface area contributed by atoms with E-state index in [1.165, 1.54) is 6.08 Å². The number of nitrogens with zero attached hydrogens (tertiary/aromatic N) is 1. The summed E-state index contributed by atoms with van der Waals surface area (Å²) in [5.74, 6) is -0.219. The van der Waals surface area contributed by atoms with Crippen molar-refractivity contribution in [1.29, 1.82) is 0 Å². The largest absolute Gasteiger partial charge is 0.346 e. The Balaban J connectivity index is 2.79. The zero-order chi connectivity index (χ0) is 9.14. The summed E-state index contributed by atoms with van der Waals surface area (Å²) < 4.78 is 13.1. The van der Waals surface area contributed by atoms with E-state index in [0.717, 1.165) is 18.5 Å². The van der Waals surface area contributed by atoms with E-state index in [1.807, 2.05) is 18.0 Å². The highest BCUT2D eigenvalue weighted by Crippen LogP contribution is 2.23. The Morgan fingerprint density at radius 1 is 1.58 bits per heavy atom. The van der Waals surface area contributed by atoms with Gasteiger partial charge in [0.15, 0.2) is 0 Å².